The first-order chi connectivity index (χ1) is 16.0. The van der Waals surface area contributed by atoms with Crippen LogP contribution in [0.25, 0.3) is 16.9 Å². The number of para-hydroxylation sites is 3. The smallest absolute Gasteiger partial charge is 0.257 e. The summed E-state index contributed by atoms with van der Waals surface area (Å²) < 4.78 is 13.1. The standard InChI is InChI=1S/C24H29N5O4/c1-4-25-24(31)16-33-22-12-8-6-10-20(22)29-15-19(27-28-29)18-9-5-7-11-21(18)32-14-13-23(30)26-17(2)3/h5-12,15,17H,4,13-14,16H2,1-3H3,(H,25,31)(H,26,30). The molecule has 3 rings (SSSR count). The van der Waals surface area contributed by atoms with Gasteiger partial charge in [0.05, 0.1) is 19.2 Å². The first-order valence-electron chi connectivity index (χ1n) is 10.9. The van der Waals surface area contributed by atoms with Crippen molar-refractivity contribution in [1.29, 1.82) is 0 Å². The quantitative estimate of drug-likeness (QED) is 0.464. The largest absolute Gasteiger partial charge is 0.492 e. The molecule has 0 saturated heterocycles. The van der Waals surface area contributed by atoms with Gasteiger partial charge >= 0.3 is 0 Å². The molecule has 9 nitrogen and oxygen atoms in total. The number of carbonyl (C=O) groups is 2. The van der Waals surface area contributed by atoms with E-state index >= 15 is 0 Å². The van der Waals surface area contributed by atoms with Gasteiger partial charge in [0, 0.05) is 18.2 Å². The molecule has 0 atom stereocenters. The van der Waals surface area contributed by atoms with Crippen LogP contribution in [0.1, 0.15) is 27.2 Å². The van der Waals surface area contributed by atoms with E-state index in [0.717, 1.165) is 5.56 Å². The Bertz CT molecular complexity index is 1080. The lowest BCUT2D eigenvalue weighted by Crippen LogP contribution is -2.31. The third-order valence-electron chi connectivity index (χ3n) is 4.54. The third kappa shape index (κ3) is 6.80. The van der Waals surface area contributed by atoms with Crippen LogP contribution in [-0.2, 0) is 9.59 Å². The zero-order chi connectivity index (χ0) is 23.6. The fraction of sp³-hybridized carbons (Fsp3) is 0.333. The minimum absolute atomic E-state index is 0.0577. The second-order valence-electron chi connectivity index (χ2n) is 7.58. The van der Waals surface area contributed by atoms with Crippen LogP contribution in [-0.4, -0.2) is 52.6 Å². The van der Waals surface area contributed by atoms with E-state index in [1.165, 1.54) is 0 Å². The molecule has 2 aromatic carbocycles. The van der Waals surface area contributed by atoms with Gasteiger partial charge in [0.25, 0.3) is 5.91 Å². The van der Waals surface area contributed by atoms with Crippen molar-refractivity contribution in [1.82, 2.24) is 25.6 Å². The number of amides is 2. The summed E-state index contributed by atoms with van der Waals surface area (Å²) in [6.45, 7) is 6.39. The maximum Gasteiger partial charge on any atom is 0.257 e. The molecular formula is C24H29N5O4. The molecule has 0 aliphatic rings. The molecule has 1 heterocycles. The molecular weight excluding hydrogens is 422 g/mol. The van der Waals surface area contributed by atoms with Crippen LogP contribution in [0.3, 0.4) is 0 Å². The maximum atomic E-state index is 11.9. The van der Waals surface area contributed by atoms with Crippen LogP contribution < -0.4 is 20.1 Å². The number of carbonyl (C=O) groups excluding carboxylic acids is 2. The molecule has 174 valence electrons. The topological polar surface area (TPSA) is 107 Å². The van der Waals surface area contributed by atoms with E-state index in [2.05, 4.69) is 20.9 Å². The molecule has 0 fully saturated rings. The van der Waals surface area contributed by atoms with Gasteiger partial charge in [0.15, 0.2) is 6.61 Å². The maximum absolute atomic E-state index is 11.9. The van der Waals surface area contributed by atoms with Crippen molar-refractivity contribution in [2.24, 2.45) is 0 Å². The van der Waals surface area contributed by atoms with Gasteiger partial charge in [-0.3, -0.25) is 9.59 Å². The number of ether oxygens (including phenoxy) is 2. The van der Waals surface area contributed by atoms with Gasteiger partial charge in [-0.1, -0.05) is 29.5 Å². The SMILES string of the molecule is CCNC(=O)COc1ccccc1-n1cc(-c2ccccc2OCCC(=O)NC(C)C)nn1. The van der Waals surface area contributed by atoms with Gasteiger partial charge in [-0.05, 0) is 45.0 Å². The van der Waals surface area contributed by atoms with Gasteiger partial charge in [-0.25, -0.2) is 4.68 Å². The lowest BCUT2D eigenvalue weighted by Gasteiger charge is -2.11. The normalized spacial score (nSPS) is 10.7. The van der Waals surface area contributed by atoms with E-state index in [0.29, 0.717) is 29.4 Å². The summed E-state index contributed by atoms with van der Waals surface area (Å²) in [6.07, 6.45) is 2.03. The van der Waals surface area contributed by atoms with Crippen LogP contribution in [0, 0.1) is 0 Å². The average Bonchev–Trinajstić information content (AvgIpc) is 3.28. The van der Waals surface area contributed by atoms with E-state index in [4.69, 9.17) is 9.47 Å². The van der Waals surface area contributed by atoms with E-state index in [1.807, 2.05) is 63.2 Å². The lowest BCUT2D eigenvalue weighted by atomic mass is 10.1. The zero-order valence-corrected chi connectivity index (χ0v) is 19.1. The molecule has 0 unspecified atom stereocenters. The fourth-order valence-corrected chi connectivity index (χ4v) is 3.12. The Labute approximate surface area is 193 Å². The van der Waals surface area contributed by atoms with Crippen LogP contribution >= 0.6 is 0 Å². The minimum atomic E-state index is -0.195. The number of nitrogens with one attached hydrogen (secondary N) is 2. The highest BCUT2D eigenvalue weighted by atomic mass is 16.5. The molecule has 3 aromatic rings. The zero-order valence-electron chi connectivity index (χ0n) is 19.1. The number of likely N-dealkylation sites (N-methyl/N-ethyl adjacent to an activating group) is 1. The fourth-order valence-electron chi connectivity index (χ4n) is 3.12. The minimum Gasteiger partial charge on any atom is -0.492 e. The number of benzene rings is 2. The second-order valence-corrected chi connectivity index (χ2v) is 7.58. The van der Waals surface area contributed by atoms with E-state index in [-0.39, 0.29) is 37.5 Å². The van der Waals surface area contributed by atoms with Crippen LogP contribution in [0.5, 0.6) is 11.5 Å². The molecule has 0 bridgehead atoms. The highest BCUT2D eigenvalue weighted by molar-refractivity contribution is 5.77. The van der Waals surface area contributed by atoms with E-state index in [1.54, 1.807) is 16.9 Å². The summed E-state index contributed by atoms with van der Waals surface area (Å²) >= 11 is 0. The molecule has 9 heteroatoms. The second kappa shape index (κ2) is 11.7. The van der Waals surface area contributed by atoms with Gasteiger partial charge in [0.2, 0.25) is 5.91 Å². The number of aromatic nitrogens is 3. The average molecular weight is 452 g/mol. The van der Waals surface area contributed by atoms with Gasteiger partial charge < -0.3 is 20.1 Å². The molecule has 0 radical (unpaired) electrons. The molecule has 0 spiro atoms. The highest BCUT2D eigenvalue weighted by Gasteiger charge is 2.14. The molecule has 2 N–H and O–H groups in total. The summed E-state index contributed by atoms with van der Waals surface area (Å²) in [5.74, 6) is 0.876. The van der Waals surface area contributed by atoms with Crippen LogP contribution in [0.4, 0.5) is 0 Å². The molecule has 0 aliphatic carbocycles. The Hall–Kier alpha value is -3.88. The Balaban J connectivity index is 1.74. The number of rotatable bonds is 11. The van der Waals surface area contributed by atoms with Crippen molar-refractivity contribution in [2.75, 3.05) is 19.8 Å². The Morgan fingerprint density at radius 3 is 2.48 bits per heavy atom. The van der Waals surface area contributed by atoms with Crippen LogP contribution in [0.15, 0.2) is 54.7 Å². The Morgan fingerprint density at radius 1 is 1.00 bits per heavy atom. The number of hydrogen-bond donors (Lipinski definition) is 2. The van der Waals surface area contributed by atoms with Crippen molar-refractivity contribution in [3.05, 3.63) is 54.7 Å². The van der Waals surface area contributed by atoms with Crippen LogP contribution in [0.2, 0.25) is 0 Å². The number of hydrogen-bond acceptors (Lipinski definition) is 6. The van der Waals surface area contributed by atoms with Gasteiger partial charge in [-0.15, -0.1) is 5.10 Å². The summed E-state index contributed by atoms with van der Waals surface area (Å²) in [4.78, 5) is 23.6. The first kappa shape index (κ1) is 23.8. The Kier molecular flexibility index (Phi) is 8.40. The molecule has 1 aromatic heterocycles. The molecule has 2 amide bonds. The molecule has 0 saturated carbocycles. The van der Waals surface area contributed by atoms with Crippen molar-refractivity contribution >= 4 is 11.8 Å². The van der Waals surface area contributed by atoms with E-state index in [9.17, 15) is 9.59 Å². The van der Waals surface area contributed by atoms with Crippen molar-refractivity contribution in [2.45, 2.75) is 33.2 Å². The van der Waals surface area contributed by atoms with E-state index < -0.39 is 0 Å². The molecule has 33 heavy (non-hydrogen) atoms. The van der Waals surface area contributed by atoms with Gasteiger partial charge in [-0.2, -0.15) is 0 Å². The lowest BCUT2D eigenvalue weighted by molar-refractivity contribution is -0.123. The summed E-state index contributed by atoms with van der Waals surface area (Å²) in [6, 6.07) is 14.8. The highest BCUT2D eigenvalue weighted by Crippen LogP contribution is 2.30. The predicted molar refractivity (Wildman–Crippen MR) is 124 cm³/mol. The summed E-state index contributed by atoms with van der Waals surface area (Å²) in [5, 5.41) is 14.1. The van der Waals surface area contributed by atoms with Crippen molar-refractivity contribution < 1.29 is 19.1 Å². The van der Waals surface area contributed by atoms with Crippen molar-refractivity contribution in [3.8, 4) is 28.4 Å². The van der Waals surface area contributed by atoms with Crippen molar-refractivity contribution in [3.63, 3.8) is 0 Å². The number of nitrogens with zero attached hydrogens (tertiary/aromatic N) is 3. The first-order valence-corrected chi connectivity index (χ1v) is 10.9. The third-order valence-corrected chi connectivity index (χ3v) is 4.54. The predicted octanol–water partition coefficient (Wildman–Crippen LogP) is 2.74. The summed E-state index contributed by atoms with van der Waals surface area (Å²) in [7, 11) is 0. The summed E-state index contributed by atoms with van der Waals surface area (Å²) in [5.41, 5.74) is 2.02. The van der Waals surface area contributed by atoms with Gasteiger partial charge in [0.1, 0.15) is 22.9 Å². The Morgan fingerprint density at radius 2 is 1.73 bits per heavy atom. The molecule has 0 aliphatic heterocycles. The monoisotopic (exact) mass is 451 g/mol.